The molecule has 30 heavy (non-hydrogen) atoms. The fraction of sp³-hybridized carbons (Fsp3) is 0.318. The fourth-order valence-electron chi connectivity index (χ4n) is 3.77. The quantitative estimate of drug-likeness (QED) is 0.563. The zero-order chi connectivity index (χ0) is 20.9. The Morgan fingerprint density at radius 3 is 2.50 bits per heavy atom. The van der Waals surface area contributed by atoms with Crippen LogP contribution in [0.2, 0.25) is 5.02 Å². The minimum Gasteiger partial charge on any atom is -0.365 e. The van der Waals surface area contributed by atoms with Gasteiger partial charge in [0.15, 0.2) is 6.10 Å². The lowest BCUT2D eigenvalue weighted by molar-refractivity contribution is -0.132. The van der Waals surface area contributed by atoms with Gasteiger partial charge in [-0.1, -0.05) is 23.7 Å². The smallest absolute Gasteiger partial charge is 0.255 e. The summed E-state index contributed by atoms with van der Waals surface area (Å²) < 4.78 is 5.63. The number of aromatic amines is 1. The van der Waals surface area contributed by atoms with Crippen molar-refractivity contribution in [3.63, 3.8) is 0 Å². The first-order valence-electron chi connectivity index (χ1n) is 9.96. The van der Waals surface area contributed by atoms with E-state index in [1.807, 2.05) is 36.4 Å². The van der Waals surface area contributed by atoms with E-state index >= 15 is 0 Å². The van der Waals surface area contributed by atoms with E-state index in [0.717, 1.165) is 48.3 Å². The highest BCUT2D eigenvalue weighted by molar-refractivity contribution is 6.30. The van der Waals surface area contributed by atoms with Crippen LogP contribution in [0.25, 0.3) is 22.4 Å². The summed E-state index contributed by atoms with van der Waals surface area (Å²) in [5, 5.41) is 14.7. The number of hydrogen-bond acceptors (Lipinski definition) is 5. The van der Waals surface area contributed by atoms with E-state index < -0.39 is 6.10 Å². The molecule has 8 heteroatoms. The third kappa shape index (κ3) is 4.38. The van der Waals surface area contributed by atoms with Crippen LogP contribution in [0.5, 0.6) is 0 Å². The van der Waals surface area contributed by atoms with Gasteiger partial charge in [-0.05, 0) is 55.8 Å². The highest BCUT2D eigenvalue weighted by Gasteiger charge is 2.30. The monoisotopic (exact) mass is 425 g/mol. The number of halogens is 1. The Bertz CT molecular complexity index is 985. The molecule has 1 aliphatic heterocycles. The molecular formula is C22H24ClN5O2. The number of hydrogen-bond donors (Lipinski definition) is 3. The van der Waals surface area contributed by atoms with E-state index in [2.05, 4.69) is 25.8 Å². The van der Waals surface area contributed by atoms with Crippen molar-refractivity contribution in [3.8, 4) is 22.4 Å². The van der Waals surface area contributed by atoms with Gasteiger partial charge in [-0.15, -0.1) is 0 Å². The summed E-state index contributed by atoms with van der Waals surface area (Å²) >= 11 is 6.05. The summed E-state index contributed by atoms with van der Waals surface area (Å²) in [7, 11) is 1.53. The number of methoxy groups -OCH3 is 1. The van der Waals surface area contributed by atoms with Gasteiger partial charge in [0, 0.05) is 41.7 Å². The number of pyridine rings is 1. The number of nitrogens with zero attached hydrogens (tertiary/aromatic N) is 2. The van der Waals surface area contributed by atoms with Crippen LogP contribution in [0.4, 0.5) is 0 Å². The van der Waals surface area contributed by atoms with E-state index in [-0.39, 0.29) is 11.9 Å². The molecule has 1 amide bonds. The molecule has 0 aliphatic carbocycles. The second-order valence-electron chi connectivity index (χ2n) is 7.25. The number of benzene rings is 1. The number of H-pyrrole nitrogens is 1. The number of carbonyl (C=O) groups excluding carboxylic acids is 1. The van der Waals surface area contributed by atoms with Crippen molar-refractivity contribution >= 4 is 17.5 Å². The predicted molar refractivity (Wildman–Crippen MR) is 116 cm³/mol. The van der Waals surface area contributed by atoms with Crippen molar-refractivity contribution in [1.82, 2.24) is 25.8 Å². The third-order valence-corrected chi connectivity index (χ3v) is 5.55. The van der Waals surface area contributed by atoms with Crippen LogP contribution in [0.1, 0.15) is 24.6 Å². The van der Waals surface area contributed by atoms with Crippen LogP contribution >= 0.6 is 11.6 Å². The van der Waals surface area contributed by atoms with Gasteiger partial charge in [-0.2, -0.15) is 5.10 Å². The summed E-state index contributed by atoms with van der Waals surface area (Å²) in [6.07, 6.45) is 4.43. The number of amides is 1. The number of aromatic nitrogens is 3. The maximum atomic E-state index is 13.1. The minimum atomic E-state index is -0.809. The van der Waals surface area contributed by atoms with Crippen molar-refractivity contribution in [2.75, 3.05) is 20.2 Å². The molecule has 3 aromatic rings. The van der Waals surface area contributed by atoms with Crippen molar-refractivity contribution in [2.45, 2.75) is 25.0 Å². The van der Waals surface area contributed by atoms with Gasteiger partial charge in [-0.25, -0.2) is 0 Å². The molecule has 1 saturated heterocycles. The zero-order valence-corrected chi connectivity index (χ0v) is 17.4. The van der Waals surface area contributed by atoms with Crippen LogP contribution in [0.3, 0.4) is 0 Å². The second kappa shape index (κ2) is 9.38. The van der Waals surface area contributed by atoms with Crippen LogP contribution in [-0.2, 0) is 9.53 Å². The highest BCUT2D eigenvalue weighted by atomic mass is 35.5. The van der Waals surface area contributed by atoms with E-state index in [9.17, 15) is 4.79 Å². The molecule has 0 saturated carbocycles. The van der Waals surface area contributed by atoms with Crippen molar-refractivity contribution in [2.24, 2.45) is 0 Å². The van der Waals surface area contributed by atoms with Gasteiger partial charge in [0.05, 0.1) is 5.69 Å². The number of nitrogens with one attached hydrogen (secondary N) is 3. The maximum Gasteiger partial charge on any atom is 0.255 e. The molecule has 4 rings (SSSR count). The lowest BCUT2D eigenvalue weighted by Gasteiger charge is -2.25. The molecule has 1 aliphatic rings. The van der Waals surface area contributed by atoms with E-state index in [0.29, 0.717) is 10.7 Å². The van der Waals surface area contributed by atoms with Gasteiger partial charge in [-0.3, -0.25) is 14.9 Å². The predicted octanol–water partition coefficient (Wildman–Crippen LogP) is 3.35. The van der Waals surface area contributed by atoms with Crippen molar-refractivity contribution in [1.29, 1.82) is 0 Å². The van der Waals surface area contributed by atoms with Crippen molar-refractivity contribution in [3.05, 3.63) is 59.5 Å². The Morgan fingerprint density at radius 1 is 1.13 bits per heavy atom. The van der Waals surface area contributed by atoms with E-state index in [1.54, 1.807) is 12.4 Å². The summed E-state index contributed by atoms with van der Waals surface area (Å²) in [5.41, 5.74) is 3.94. The first kappa shape index (κ1) is 20.5. The molecule has 156 valence electrons. The summed E-state index contributed by atoms with van der Waals surface area (Å²) in [6, 6.07) is 11.4. The number of rotatable bonds is 6. The molecule has 7 nitrogen and oxygen atoms in total. The molecule has 2 aromatic heterocycles. The van der Waals surface area contributed by atoms with Crippen LogP contribution in [0.15, 0.2) is 48.8 Å². The van der Waals surface area contributed by atoms with Crippen LogP contribution < -0.4 is 10.6 Å². The fourth-order valence-corrected chi connectivity index (χ4v) is 3.90. The molecule has 0 spiro atoms. The summed E-state index contributed by atoms with van der Waals surface area (Å²) in [6.45, 7) is 1.80. The standard InChI is InChI=1S/C22H24ClN5O2/c1-30-21(22(29)26-17-8-12-25-13-9-17)20-18(14-6-10-24-11-7-14)19(27-28-20)15-2-4-16(23)5-3-15/h2-7,10-11,17,21,25H,8-9,12-13H2,1H3,(H,26,29)(H,27,28). The van der Waals surface area contributed by atoms with E-state index in [4.69, 9.17) is 16.3 Å². The molecule has 1 fully saturated rings. The Labute approximate surface area is 180 Å². The highest BCUT2D eigenvalue weighted by Crippen LogP contribution is 2.37. The van der Waals surface area contributed by atoms with Crippen LogP contribution in [-0.4, -0.2) is 47.3 Å². The molecular weight excluding hydrogens is 402 g/mol. The first-order valence-corrected chi connectivity index (χ1v) is 10.3. The van der Waals surface area contributed by atoms with E-state index in [1.165, 1.54) is 7.11 Å². The summed E-state index contributed by atoms with van der Waals surface area (Å²) in [4.78, 5) is 17.2. The topological polar surface area (TPSA) is 91.9 Å². The maximum absolute atomic E-state index is 13.1. The minimum absolute atomic E-state index is 0.138. The van der Waals surface area contributed by atoms with Gasteiger partial charge in [0.1, 0.15) is 5.69 Å². The average molecular weight is 426 g/mol. The molecule has 1 atom stereocenters. The Morgan fingerprint density at radius 2 is 1.83 bits per heavy atom. The third-order valence-electron chi connectivity index (χ3n) is 5.30. The number of piperidine rings is 1. The SMILES string of the molecule is COC(C(=O)NC1CCNCC1)c1[nH]nc(-c2ccc(Cl)cc2)c1-c1ccncc1. The van der Waals surface area contributed by atoms with Crippen molar-refractivity contribution < 1.29 is 9.53 Å². The Balaban J connectivity index is 1.72. The van der Waals surface area contributed by atoms with Gasteiger partial charge in [0.2, 0.25) is 0 Å². The van der Waals surface area contributed by atoms with Gasteiger partial charge < -0.3 is 15.4 Å². The normalized spacial score (nSPS) is 15.7. The summed E-state index contributed by atoms with van der Waals surface area (Å²) in [5.74, 6) is -0.175. The van der Waals surface area contributed by atoms with Gasteiger partial charge >= 0.3 is 0 Å². The van der Waals surface area contributed by atoms with Gasteiger partial charge in [0.25, 0.3) is 5.91 Å². The largest absolute Gasteiger partial charge is 0.365 e. The number of ether oxygens (including phenoxy) is 1. The molecule has 1 aromatic carbocycles. The number of carbonyl (C=O) groups is 1. The lowest BCUT2D eigenvalue weighted by Crippen LogP contribution is -2.44. The Hall–Kier alpha value is -2.74. The van der Waals surface area contributed by atoms with Crippen LogP contribution in [0, 0.1) is 0 Å². The lowest BCUT2D eigenvalue weighted by atomic mass is 9.97. The Kier molecular flexibility index (Phi) is 6.42. The second-order valence-corrected chi connectivity index (χ2v) is 7.69. The molecule has 3 heterocycles. The zero-order valence-electron chi connectivity index (χ0n) is 16.7. The molecule has 3 N–H and O–H groups in total. The molecule has 1 unspecified atom stereocenters. The first-order chi connectivity index (χ1) is 14.7. The molecule has 0 bridgehead atoms. The average Bonchev–Trinajstić information content (AvgIpc) is 3.21. The molecule has 0 radical (unpaired) electrons.